The van der Waals surface area contributed by atoms with Crippen LogP contribution in [-0.2, 0) is 6.42 Å². The molecule has 76 valence electrons. The summed E-state index contributed by atoms with van der Waals surface area (Å²) >= 11 is 0. The highest BCUT2D eigenvalue weighted by Crippen LogP contribution is 2.34. The lowest BCUT2D eigenvalue weighted by Crippen LogP contribution is -2.32. The monoisotopic (exact) mass is 190 g/mol. The molecular formula is C12H18N2. The summed E-state index contributed by atoms with van der Waals surface area (Å²) in [5.74, 6) is 1.01. The number of pyridine rings is 1. The van der Waals surface area contributed by atoms with Gasteiger partial charge in [-0.05, 0) is 30.4 Å². The van der Waals surface area contributed by atoms with Crippen LogP contribution in [0.15, 0.2) is 18.3 Å². The van der Waals surface area contributed by atoms with Gasteiger partial charge in [-0.3, -0.25) is 4.98 Å². The molecule has 0 spiro atoms. The number of hydrogen-bond donors (Lipinski definition) is 1. The van der Waals surface area contributed by atoms with Gasteiger partial charge >= 0.3 is 0 Å². The van der Waals surface area contributed by atoms with Crippen molar-refractivity contribution in [2.45, 2.75) is 38.6 Å². The molecule has 2 rings (SSSR count). The highest BCUT2D eigenvalue weighted by atomic mass is 14.8. The molecule has 1 aliphatic carbocycles. The number of nitrogens with two attached hydrogens (primary N) is 1. The van der Waals surface area contributed by atoms with E-state index in [0.717, 1.165) is 6.42 Å². The first-order valence-electron chi connectivity index (χ1n) is 5.39. The largest absolute Gasteiger partial charge is 0.327 e. The first-order chi connectivity index (χ1) is 6.70. The molecule has 2 N–H and O–H groups in total. The van der Waals surface area contributed by atoms with Gasteiger partial charge in [-0.1, -0.05) is 19.9 Å². The van der Waals surface area contributed by atoms with Crippen LogP contribution in [0.4, 0.5) is 0 Å². The lowest BCUT2D eigenvalue weighted by atomic mass is 9.89. The number of rotatable bonds is 2. The quantitative estimate of drug-likeness (QED) is 0.775. The summed E-state index contributed by atoms with van der Waals surface area (Å²) in [7, 11) is 0. The minimum absolute atomic E-state index is 0.256. The molecule has 0 aliphatic heterocycles. The van der Waals surface area contributed by atoms with Crippen LogP contribution in [-0.4, -0.2) is 11.0 Å². The second kappa shape index (κ2) is 3.70. The van der Waals surface area contributed by atoms with Crippen LogP contribution in [0.1, 0.15) is 37.4 Å². The Balaban J connectivity index is 2.26. The molecule has 2 nitrogen and oxygen atoms in total. The molecule has 0 fully saturated rings. The molecule has 0 saturated heterocycles. The predicted molar refractivity (Wildman–Crippen MR) is 58.1 cm³/mol. The van der Waals surface area contributed by atoms with Crippen molar-refractivity contribution in [1.29, 1.82) is 0 Å². The zero-order valence-corrected chi connectivity index (χ0v) is 8.90. The molecule has 1 heterocycles. The minimum Gasteiger partial charge on any atom is -0.327 e. The molecule has 0 aromatic carbocycles. The molecule has 1 aliphatic rings. The van der Waals surface area contributed by atoms with Gasteiger partial charge < -0.3 is 5.73 Å². The molecule has 1 aromatic rings. The Hall–Kier alpha value is -0.890. The topological polar surface area (TPSA) is 38.9 Å². The third-order valence-electron chi connectivity index (χ3n) is 3.24. The van der Waals surface area contributed by atoms with Crippen molar-refractivity contribution in [3.63, 3.8) is 0 Å². The summed E-state index contributed by atoms with van der Waals surface area (Å²) < 4.78 is 0. The number of fused-ring (bicyclic) bond motifs is 1. The van der Waals surface area contributed by atoms with Gasteiger partial charge in [0.2, 0.25) is 0 Å². The number of aryl methyl sites for hydroxylation is 1. The standard InChI is InChI=1S/C12H18N2/c1-8(2)11(13)10-6-5-9-4-3-7-14-12(9)10/h3-4,7-8,10-11H,5-6,13H2,1-2H3. The van der Waals surface area contributed by atoms with E-state index in [1.165, 1.54) is 17.7 Å². The van der Waals surface area contributed by atoms with Crippen LogP contribution in [0.2, 0.25) is 0 Å². The molecule has 1 aromatic heterocycles. The molecule has 2 heteroatoms. The fourth-order valence-corrected chi connectivity index (χ4v) is 2.28. The van der Waals surface area contributed by atoms with Crippen molar-refractivity contribution in [3.05, 3.63) is 29.6 Å². The smallest absolute Gasteiger partial charge is 0.0482 e. The third-order valence-corrected chi connectivity index (χ3v) is 3.24. The second-order valence-corrected chi connectivity index (χ2v) is 4.51. The van der Waals surface area contributed by atoms with E-state index in [1.807, 2.05) is 12.3 Å². The van der Waals surface area contributed by atoms with Gasteiger partial charge in [0.25, 0.3) is 0 Å². The third kappa shape index (κ3) is 1.55. The van der Waals surface area contributed by atoms with Crippen LogP contribution in [0.5, 0.6) is 0 Å². The van der Waals surface area contributed by atoms with Crippen molar-refractivity contribution >= 4 is 0 Å². The van der Waals surface area contributed by atoms with Crippen LogP contribution in [0.3, 0.4) is 0 Å². The minimum atomic E-state index is 0.256. The molecule has 0 saturated carbocycles. The molecule has 2 atom stereocenters. The van der Waals surface area contributed by atoms with E-state index in [-0.39, 0.29) is 6.04 Å². The first-order valence-corrected chi connectivity index (χ1v) is 5.39. The van der Waals surface area contributed by atoms with E-state index in [1.54, 1.807) is 0 Å². The number of hydrogen-bond acceptors (Lipinski definition) is 2. The Labute approximate surface area is 85.5 Å². The fraction of sp³-hybridized carbons (Fsp3) is 0.583. The SMILES string of the molecule is CC(C)C(N)C1CCc2cccnc21. The van der Waals surface area contributed by atoms with Gasteiger partial charge in [0.1, 0.15) is 0 Å². The predicted octanol–water partition coefficient (Wildman–Crippen LogP) is 2.09. The van der Waals surface area contributed by atoms with Gasteiger partial charge in [-0.2, -0.15) is 0 Å². The maximum Gasteiger partial charge on any atom is 0.0482 e. The summed E-state index contributed by atoms with van der Waals surface area (Å²) in [5, 5.41) is 0. The van der Waals surface area contributed by atoms with Crippen molar-refractivity contribution in [3.8, 4) is 0 Å². The average molecular weight is 190 g/mol. The van der Waals surface area contributed by atoms with E-state index in [0.29, 0.717) is 11.8 Å². The number of aromatic nitrogens is 1. The normalized spacial score (nSPS) is 22.4. The van der Waals surface area contributed by atoms with E-state index in [4.69, 9.17) is 5.73 Å². The Kier molecular flexibility index (Phi) is 2.55. The van der Waals surface area contributed by atoms with E-state index in [9.17, 15) is 0 Å². The van der Waals surface area contributed by atoms with Crippen molar-refractivity contribution in [2.24, 2.45) is 11.7 Å². The number of nitrogens with zero attached hydrogens (tertiary/aromatic N) is 1. The summed E-state index contributed by atoms with van der Waals surface area (Å²) in [5.41, 5.74) is 8.84. The summed E-state index contributed by atoms with van der Waals surface area (Å²) in [6, 6.07) is 4.45. The van der Waals surface area contributed by atoms with Gasteiger partial charge in [-0.15, -0.1) is 0 Å². The Morgan fingerprint density at radius 2 is 2.29 bits per heavy atom. The van der Waals surface area contributed by atoms with Crippen LogP contribution >= 0.6 is 0 Å². The lowest BCUT2D eigenvalue weighted by molar-refractivity contribution is 0.410. The summed E-state index contributed by atoms with van der Waals surface area (Å²) in [6.07, 6.45) is 4.20. The Bertz CT molecular complexity index is 320. The molecular weight excluding hydrogens is 172 g/mol. The molecule has 14 heavy (non-hydrogen) atoms. The maximum atomic E-state index is 6.20. The molecule has 2 unspecified atom stereocenters. The molecule has 0 bridgehead atoms. The van der Waals surface area contributed by atoms with Gasteiger partial charge in [0.05, 0.1) is 0 Å². The van der Waals surface area contributed by atoms with Crippen LogP contribution in [0.25, 0.3) is 0 Å². The van der Waals surface area contributed by atoms with Crippen molar-refractivity contribution in [2.75, 3.05) is 0 Å². The van der Waals surface area contributed by atoms with Crippen LogP contribution < -0.4 is 5.73 Å². The zero-order valence-electron chi connectivity index (χ0n) is 8.90. The van der Waals surface area contributed by atoms with Crippen molar-refractivity contribution < 1.29 is 0 Å². The Morgan fingerprint density at radius 1 is 1.50 bits per heavy atom. The van der Waals surface area contributed by atoms with Crippen LogP contribution in [0, 0.1) is 5.92 Å². The maximum absolute atomic E-state index is 6.20. The highest BCUT2D eigenvalue weighted by Gasteiger charge is 2.29. The fourth-order valence-electron chi connectivity index (χ4n) is 2.28. The summed E-state index contributed by atoms with van der Waals surface area (Å²) in [6.45, 7) is 4.37. The zero-order chi connectivity index (χ0) is 10.1. The Morgan fingerprint density at radius 3 is 3.00 bits per heavy atom. The van der Waals surface area contributed by atoms with E-state index < -0.39 is 0 Å². The van der Waals surface area contributed by atoms with E-state index in [2.05, 4.69) is 24.9 Å². The van der Waals surface area contributed by atoms with Gasteiger partial charge in [0, 0.05) is 23.9 Å². The van der Waals surface area contributed by atoms with E-state index >= 15 is 0 Å². The second-order valence-electron chi connectivity index (χ2n) is 4.51. The first kappa shape index (κ1) is 9.66. The van der Waals surface area contributed by atoms with Gasteiger partial charge in [0.15, 0.2) is 0 Å². The van der Waals surface area contributed by atoms with Gasteiger partial charge in [-0.25, -0.2) is 0 Å². The molecule has 0 radical (unpaired) electrons. The van der Waals surface area contributed by atoms with Crippen molar-refractivity contribution in [1.82, 2.24) is 4.98 Å². The molecule has 0 amide bonds. The lowest BCUT2D eigenvalue weighted by Gasteiger charge is -2.22. The summed E-state index contributed by atoms with van der Waals surface area (Å²) in [4.78, 5) is 4.46. The highest BCUT2D eigenvalue weighted by molar-refractivity contribution is 5.29. The average Bonchev–Trinajstić information content (AvgIpc) is 2.60.